The fourth-order valence-electron chi connectivity index (χ4n) is 4.59. The number of benzene rings is 3. The molecule has 6 rings (SSSR count). The molecule has 0 aliphatic rings. The highest BCUT2D eigenvalue weighted by molar-refractivity contribution is 6.04. The topological polar surface area (TPSA) is 29.8 Å². The molecule has 0 bridgehead atoms. The third kappa shape index (κ3) is 3.19. The molecule has 0 unspecified atom stereocenters. The maximum absolute atomic E-state index is 5.35. The number of aryl methyl sites for hydroxylation is 1. The van der Waals surface area contributed by atoms with Crippen molar-refractivity contribution in [3.8, 4) is 17.0 Å². The number of rotatable bonds is 4. The molecule has 3 aromatic heterocycles. The Morgan fingerprint density at radius 3 is 2.36 bits per heavy atom. The van der Waals surface area contributed by atoms with Crippen LogP contribution in [-0.2, 0) is 0 Å². The molecule has 0 saturated carbocycles. The molecule has 4 heteroatoms. The van der Waals surface area contributed by atoms with Gasteiger partial charge in [0.1, 0.15) is 11.4 Å². The van der Waals surface area contributed by atoms with E-state index < -0.39 is 0 Å². The van der Waals surface area contributed by atoms with Crippen LogP contribution < -0.4 is 14.5 Å². The van der Waals surface area contributed by atoms with Gasteiger partial charge in [-0.1, -0.05) is 54.6 Å². The molecule has 0 aliphatic carbocycles. The first-order valence-corrected chi connectivity index (χ1v) is 11.1. The third-order valence-corrected chi connectivity index (χ3v) is 6.16. The van der Waals surface area contributed by atoms with Gasteiger partial charge < -0.3 is 4.74 Å². The van der Waals surface area contributed by atoms with Crippen molar-refractivity contribution >= 4 is 33.4 Å². The molecule has 3 heterocycles. The maximum Gasteiger partial charge on any atom is 0.272 e. The first-order valence-electron chi connectivity index (χ1n) is 11.1. The number of fused-ring (bicyclic) bond motifs is 5. The SMILES string of the molecule is COc1ccc(Nc2c3c4ccccc4cc(-c4ccccc4)n3c3ccc(C)c[n+]23)cc1. The predicted octanol–water partition coefficient (Wildman–Crippen LogP) is 6.56. The molecule has 0 radical (unpaired) electrons. The first kappa shape index (κ1) is 19.4. The van der Waals surface area contributed by atoms with Crippen LogP contribution in [0.1, 0.15) is 5.56 Å². The lowest BCUT2D eigenvalue weighted by molar-refractivity contribution is -0.494. The van der Waals surface area contributed by atoms with E-state index in [9.17, 15) is 0 Å². The standard InChI is InChI=1S/C29H24N3O/c1-20-12-17-27-31(19-20)29(30-23-13-15-24(33-2)16-14-23)28-25-11-7-6-10-22(25)18-26(32(27)28)21-8-4-3-5-9-21/h3-19,30H,1-2H3/q+1. The minimum atomic E-state index is 0.840. The van der Waals surface area contributed by atoms with Gasteiger partial charge in [0, 0.05) is 17.0 Å². The number of imidazole rings is 1. The van der Waals surface area contributed by atoms with Crippen LogP contribution in [0.15, 0.2) is 103 Å². The zero-order valence-electron chi connectivity index (χ0n) is 18.6. The quantitative estimate of drug-likeness (QED) is 0.321. The number of pyridine rings is 2. The largest absolute Gasteiger partial charge is 0.497 e. The fourth-order valence-corrected chi connectivity index (χ4v) is 4.59. The summed E-state index contributed by atoms with van der Waals surface area (Å²) in [6.07, 6.45) is 2.19. The Labute approximate surface area is 192 Å². The Morgan fingerprint density at radius 1 is 0.818 bits per heavy atom. The van der Waals surface area contributed by atoms with E-state index in [0.29, 0.717) is 0 Å². The molecule has 0 saturated heterocycles. The van der Waals surface area contributed by atoms with Gasteiger partial charge >= 0.3 is 0 Å². The normalized spacial score (nSPS) is 11.3. The van der Waals surface area contributed by atoms with Crippen molar-refractivity contribution < 1.29 is 9.14 Å². The van der Waals surface area contributed by atoms with E-state index in [1.807, 2.05) is 24.3 Å². The number of methoxy groups -OCH3 is 1. The van der Waals surface area contributed by atoms with Crippen LogP contribution in [0.3, 0.4) is 0 Å². The van der Waals surface area contributed by atoms with Crippen molar-refractivity contribution in [2.75, 3.05) is 12.4 Å². The zero-order chi connectivity index (χ0) is 22.4. The number of ether oxygens (including phenoxy) is 1. The van der Waals surface area contributed by atoms with Crippen LogP contribution in [0.5, 0.6) is 5.75 Å². The summed E-state index contributed by atoms with van der Waals surface area (Å²) in [5.74, 6) is 1.88. The van der Waals surface area contributed by atoms with Gasteiger partial charge in [0.2, 0.25) is 5.65 Å². The first-order chi connectivity index (χ1) is 16.2. The highest BCUT2D eigenvalue weighted by Gasteiger charge is 2.25. The summed E-state index contributed by atoms with van der Waals surface area (Å²) >= 11 is 0. The van der Waals surface area contributed by atoms with Crippen LogP contribution in [0, 0.1) is 6.92 Å². The second kappa shape index (κ2) is 7.68. The Kier molecular flexibility index (Phi) is 4.51. The molecule has 0 aliphatic heterocycles. The lowest BCUT2D eigenvalue weighted by Gasteiger charge is -2.07. The summed E-state index contributed by atoms with van der Waals surface area (Å²) in [4.78, 5) is 0. The molecule has 0 atom stereocenters. The summed E-state index contributed by atoms with van der Waals surface area (Å²) in [6, 6.07) is 33.9. The summed E-state index contributed by atoms with van der Waals surface area (Å²) in [5, 5.41) is 6.12. The van der Waals surface area contributed by atoms with Gasteiger partial charge in [-0.15, -0.1) is 0 Å². The molecule has 160 valence electrons. The molecule has 4 nitrogen and oxygen atoms in total. The smallest absolute Gasteiger partial charge is 0.272 e. The van der Waals surface area contributed by atoms with E-state index in [2.05, 4.69) is 100 Å². The molecule has 0 fully saturated rings. The third-order valence-electron chi connectivity index (χ3n) is 6.16. The average molecular weight is 431 g/mol. The molecule has 3 aromatic carbocycles. The lowest BCUT2D eigenvalue weighted by Crippen LogP contribution is -2.23. The van der Waals surface area contributed by atoms with Gasteiger partial charge in [-0.2, -0.15) is 0 Å². The molecule has 0 spiro atoms. The van der Waals surface area contributed by atoms with Crippen molar-refractivity contribution in [3.05, 3.63) is 109 Å². The number of nitrogens with zero attached hydrogens (tertiary/aromatic N) is 2. The highest BCUT2D eigenvalue weighted by Crippen LogP contribution is 2.34. The van der Waals surface area contributed by atoms with Gasteiger partial charge in [-0.25, -0.2) is 8.80 Å². The minimum Gasteiger partial charge on any atom is -0.497 e. The Hall–Kier alpha value is -4.31. The van der Waals surface area contributed by atoms with E-state index in [-0.39, 0.29) is 0 Å². The van der Waals surface area contributed by atoms with Crippen LogP contribution in [0.2, 0.25) is 0 Å². The monoisotopic (exact) mass is 430 g/mol. The summed E-state index contributed by atoms with van der Waals surface area (Å²) < 4.78 is 9.97. The highest BCUT2D eigenvalue weighted by atomic mass is 16.5. The molecule has 1 N–H and O–H groups in total. The van der Waals surface area contributed by atoms with E-state index >= 15 is 0 Å². The van der Waals surface area contributed by atoms with Crippen molar-refractivity contribution in [3.63, 3.8) is 0 Å². The van der Waals surface area contributed by atoms with E-state index in [1.165, 1.54) is 21.9 Å². The molecule has 6 aromatic rings. The summed E-state index contributed by atoms with van der Waals surface area (Å²) in [6.45, 7) is 2.13. The van der Waals surface area contributed by atoms with Crippen molar-refractivity contribution in [2.45, 2.75) is 6.92 Å². The number of nitrogens with one attached hydrogen (secondary N) is 1. The number of anilines is 2. The number of hydrogen-bond acceptors (Lipinski definition) is 2. The zero-order valence-corrected chi connectivity index (χ0v) is 18.6. The fraction of sp³-hybridized carbons (Fsp3) is 0.0690. The van der Waals surface area contributed by atoms with Crippen LogP contribution in [0.4, 0.5) is 11.5 Å². The second-order valence-electron chi connectivity index (χ2n) is 8.30. The van der Waals surface area contributed by atoms with Gasteiger partial charge in [-0.05, 0) is 54.3 Å². The van der Waals surface area contributed by atoms with E-state index in [4.69, 9.17) is 4.74 Å². The van der Waals surface area contributed by atoms with E-state index in [0.717, 1.165) is 34.1 Å². The molecule has 0 amide bonds. The molecular formula is C29H24N3O+. The van der Waals surface area contributed by atoms with Gasteiger partial charge in [0.25, 0.3) is 5.82 Å². The number of hydrogen-bond donors (Lipinski definition) is 1. The Bertz CT molecular complexity index is 1620. The summed E-state index contributed by atoms with van der Waals surface area (Å²) in [5.41, 5.74) is 6.81. The van der Waals surface area contributed by atoms with Crippen LogP contribution >= 0.6 is 0 Å². The van der Waals surface area contributed by atoms with Gasteiger partial charge in [0.05, 0.1) is 19.0 Å². The molecule has 33 heavy (non-hydrogen) atoms. The summed E-state index contributed by atoms with van der Waals surface area (Å²) in [7, 11) is 1.69. The molecular weight excluding hydrogens is 406 g/mol. The maximum atomic E-state index is 5.35. The lowest BCUT2D eigenvalue weighted by atomic mass is 10.1. The average Bonchev–Trinajstić information content (AvgIpc) is 3.18. The van der Waals surface area contributed by atoms with E-state index in [1.54, 1.807) is 7.11 Å². The number of aromatic nitrogens is 2. The van der Waals surface area contributed by atoms with Crippen molar-refractivity contribution in [2.24, 2.45) is 0 Å². The Balaban J connectivity index is 1.74. The van der Waals surface area contributed by atoms with Crippen LogP contribution in [-0.4, -0.2) is 11.5 Å². The van der Waals surface area contributed by atoms with Crippen molar-refractivity contribution in [1.82, 2.24) is 4.40 Å². The van der Waals surface area contributed by atoms with Gasteiger partial charge in [0.15, 0.2) is 5.52 Å². The van der Waals surface area contributed by atoms with Crippen LogP contribution in [0.25, 0.3) is 33.2 Å². The predicted molar refractivity (Wildman–Crippen MR) is 135 cm³/mol. The van der Waals surface area contributed by atoms with Gasteiger partial charge in [-0.3, -0.25) is 5.32 Å². The Morgan fingerprint density at radius 2 is 1.58 bits per heavy atom. The second-order valence-corrected chi connectivity index (χ2v) is 8.30. The minimum absolute atomic E-state index is 0.840. The van der Waals surface area contributed by atoms with Crippen molar-refractivity contribution in [1.29, 1.82) is 0 Å².